The maximum atomic E-state index is 13.1. The molecule has 4 rings (SSSR count). The minimum Gasteiger partial charge on any atom is -0.298 e. The average molecular weight is 398 g/mol. The first-order chi connectivity index (χ1) is 13.0. The van der Waals surface area contributed by atoms with Gasteiger partial charge in [-0.2, -0.15) is 0 Å². The highest BCUT2D eigenvalue weighted by molar-refractivity contribution is 8.00. The third kappa shape index (κ3) is 3.60. The molecule has 0 unspecified atom stereocenters. The average Bonchev–Trinajstić information content (AvgIpc) is 3.16. The van der Waals surface area contributed by atoms with Crippen LogP contribution in [0.15, 0.2) is 34.8 Å². The number of hydrogen-bond acceptors (Lipinski definition) is 5. The molecule has 3 aromatic rings. The standard InChI is InChI=1S/C21H23N3OS2/c1-12-10-14(3)17(11-13(12)2)19(25)15(4)27-21-23-22-20(18-6-5-9-26-18)24(21)16-7-8-16/h5-6,9-11,15-16H,7-8H2,1-4H3/t15-/m1/s1. The Labute approximate surface area is 168 Å². The topological polar surface area (TPSA) is 47.8 Å². The van der Waals surface area contributed by atoms with E-state index in [4.69, 9.17) is 0 Å². The predicted molar refractivity (Wildman–Crippen MR) is 112 cm³/mol. The zero-order chi connectivity index (χ0) is 19.1. The van der Waals surface area contributed by atoms with Gasteiger partial charge in [-0.1, -0.05) is 23.9 Å². The molecule has 0 aliphatic heterocycles. The number of thiophene rings is 1. The van der Waals surface area contributed by atoms with Gasteiger partial charge < -0.3 is 0 Å². The molecule has 6 heteroatoms. The fourth-order valence-electron chi connectivity index (χ4n) is 3.25. The lowest BCUT2D eigenvalue weighted by Gasteiger charge is -2.14. The molecular formula is C21H23N3OS2. The predicted octanol–water partition coefficient (Wildman–Crippen LogP) is 5.63. The largest absolute Gasteiger partial charge is 0.298 e. The number of carbonyl (C=O) groups excluding carboxylic acids is 1. The van der Waals surface area contributed by atoms with E-state index in [2.05, 4.69) is 46.1 Å². The molecule has 0 radical (unpaired) electrons. The van der Waals surface area contributed by atoms with Gasteiger partial charge >= 0.3 is 0 Å². The lowest BCUT2D eigenvalue weighted by molar-refractivity contribution is 0.0993. The van der Waals surface area contributed by atoms with Crippen molar-refractivity contribution in [3.8, 4) is 10.7 Å². The smallest absolute Gasteiger partial charge is 0.192 e. The van der Waals surface area contributed by atoms with Crippen LogP contribution in [0.4, 0.5) is 0 Å². The van der Waals surface area contributed by atoms with Crippen LogP contribution in [0.25, 0.3) is 10.7 Å². The van der Waals surface area contributed by atoms with Crippen molar-refractivity contribution in [2.24, 2.45) is 0 Å². The summed E-state index contributed by atoms with van der Waals surface area (Å²) >= 11 is 3.20. The quantitative estimate of drug-likeness (QED) is 0.399. The van der Waals surface area contributed by atoms with Gasteiger partial charge in [-0.05, 0) is 74.7 Å². The van der Waals surface area contributed by atoms with E-state index >= 15 is 0 Å². The summed E-state index contributed by atoms with van der Waals surface area (Å²) in [5.74, 6) is 1.08. The first-order valence-corrected chi connectivity index (χ1v) is 11.0. The van der Waals surface area contributed by atoms with Crippen molar-refractivity contribution in [3.63, 3.8) is 0 Å². The molecule has 1 fully saturated rings. The van der Waals surface area contributed by atoms with Gasteiger partial charge in [-0.3, -0.25) is 9.36 Å². The van der Waals surface area contributed by atoms with E-state index in [0.717, 1.165) is 45.4 Å². The molecule has 0 saturated heterocycles. The van der Waals surface area contributed by atoms with Gasteiger partial charge in [0.25, 0.3) is 0 Å². The number of aromatic nitrogens is 3. The molecule has 0 spiro atoms. The van der Waals surface area contributed by atoms with Gasteiger partial charge in [0.1, 0.15) is 0 Å². The molecule has 1 atom stereocenters. The second-order valence-corrected chi connectivity index (χ2v) is 9.52. The van der Waals surface area contributed by atoms with Crippen LogP contribution in [0.5, 0.6) is 0 Å². The van der Waals surface area contributed by atoms with Crippen molar-refractivity contribution in [2.45, 2.75) is 57.0 Å². The summed E-state index contributed by atoms with van der Waals surface area (Å²) in [6.07, 6.45) is 2.31. The third-order valence-corrected chi connectivity index (χ3v) is 7.00. The zero-order valence-corrected chi connectivity index (χ0v) is 17.7. The number of hydrogen-bond donors (Lipinski definition) is 0. The molecule has 0 bridgehead atoms. The van der Waals surface area contributed by atoms with Crippen LogP contribution in [0.1, 0.15) is 52.9 Å². The van der Waals surface area contributed by atoms with Crippen LogP contribution in [0.2, 0.25) is 0 Å². The van der Waals surface area contributed by atoms with Crippen molar-refractivity contribution in [1.82, 2.24) is 14.8 Å². The summed E-state index contributed by atoms with van der Waals surface area (Å²) in [5, 5.41) is 11.6. The molecule has 1 aliphatic rings. The van der Waals surface area contributed by atoms with Crippen LogP contribution >= 0.6 is 23.1 Å². The fourth-order valence-corrected chi connectivity index (χ4v) is 4.94. The number of aryl methyl sites for hydroxylation is 3. The van der Waals surface area contributed by atoms with Crippen molar-refractivity contribution >= 4 is 28.9 Å². The van der Waals surface area contributed by atoms with E-state index in [1.165, 1.54) is 17.3 Å². The van der Waals surface area contributed by atoms with Gasteiger partial charge in [0.15, 0.2) is 16.8 Å². The highest BCUT2D eigenvalue weighted by Crippen LogP contribution is 2.42. The summed E-state index contributed by atoms with van der Waals surface area (Å²) in [6, 6.07) is 8.70. The number of ketones is 1. The number of nitrogens with zero attached hydrogens (tertiary/aromatic N) is 3. The Morgan fingerprint density at radius 2 is 1.93 bits per heavy atom. The summed E-state index contributed by atoms with van der Waals surface area (Å²) in [5.41, 5.74) is 4.23. The SMILES string of the molecule is Cc1cc(C)c(C(=O)[C@@H](C)Sc2nnc(-c3cccs3)n2C2CC2)cc1C. The second-order valence-electron chi connectivity index (χ2n) is 7.26. The van der Waals surface area contributed by atoms with E-state index in [-0.39, 0.29) is 11.0 Å². The fraction of sp³-hybridized carbons (Fsp3) is 0.381. The van der Waals surface area contributed by atoms with E-state index in [1.54, 1.807) is 11.3 Å². The Morgan fingerprint density at radius 1 is 1.19 bits per heavy atom. The molecule has 1 aromatic carbocycles. The van der Waals surface area contributed by atoms with Gasteiger partial charge in [0.05, 0.1) is 10.1 Å². The molecule has 0 N–H and O–H groups in total. The Morgan fingerprint density at radius 3 is 2.59 bits per heavy atom. The highest BCUT2D eigenvalue weighted by Gasteiger charge is 2.32. The number of thioether (sulfide) groups is 1. The van der Waals surface area contributed by atoms with E-state index in [0.29, 0.717) is 6.04 Å². The van der Waals surface area contributed by atoms with E-state index < -0.39 is 0 Å². The van der Waals surface area contributed by atoms with Crippen LogP contribution in [-0.4, -0.2) is 25.8 Å². The minimum atomic E-state index is -0.205. The summed E-state index contributed by atoms with van der Waals surface area (Å²) in [6.45, 7) is 8.12. The third-order valence-electron chi connectivity index (χ3n) is 5.08. The van der Waals surface area contributed by atoms with Crippen molar-refractivity contribution in [2.75, 3.05) is 0 Å². The molecule has 1 aliphatic carbocycles. The van der Waals surface area contributed by atoms with Crippen molar-refractivity contribution < 1.29 is 4.79 Å². The zero-order valence-electron chi connectivity index (χ0n) is 16.0. The maximum Gasteiger partial charge on any atom is 0.192 e. The number of Topliss-reactive ketones (excluding diaryl/α,β-unsaturated/α-hetero) is 1. The van der Waals surface area contributed by atoms with Gasteiger partial charge in [0, 0.05) is 11.6 Å². The monoisotopic (exact) mass is 397 g/mol. The van der Waals surface area contributed by atoms with Crippen LogP contribution in [-0.2, 0) is 0 Å². The minimum absolute atomic E-state index is 0.156. The Kier molecular flexibility index (Phi) is 4.95. The molecule has 2 heterocycles. The first kappa shape index (κ1) is 18.4. The number of benzene rings is 1. The first-order valence-electron chi connectivity index (χ1n) is 9.23. The van der Waals surface area contributed by atoms with Crippen LogP contribution < -0.4 is 0 Å². The summed E-state index contributed by atoms with van der Waals surface area (Å²) in [4.78, 5) is 14.2. The van der Waals surface area contributed by atoms with Gasteiger partial charge in [-0.15, -0.1) is 21.5 Å². The normalized spacial score (nSPS) is 15.1. The van der Waals surface area contributed by atoms with Crippen LogP contribution in [0, 0.1) is 20.8 Å². The summed E-state index contributed by atoms with van der Waals surface area (Å²) < 4.78 is 2.23. The van der Waals surface area contributed by atoms with Crippen molar-refractivity contribution in [1.29, 1.82) is 0 Å². The lowest BCUT2D eigenvalue weighted by Crippen LogP contribution is -2.16. The van der Waals surface area contributed by atoms with E-state index in [1.807, 2.05) is 26.0 Å². The number of carbonyl (C=O) groups is 1. The molecule has 0 amide bonds. The Bertz CT molecular complexity index is 987. The number of rotatable bonds is 6. The molecule has 4 nitrogen and oxygen atoms in total. The van der Waals surface area contributed by atoms with Crippen LogP contribution in [0.3, 0.4) is 0 Å². The molecule has 27 heavy (non-hydrogen) atoms. The highest BCUT2D eigenvalue weighted by atomic mass is 32.2. The lowest BCUT2D eigenvalue weighted by atomic mass is 9.97. The summed E-state index contributed by atoms with van der Waals surface area (Å²) in [7, 11) is 0. The molecular weight excluding hydrogens is 374 g/mol. The van der Waals surface area contributed by atoms with Crippen molar-refractivity contribution in [3.05, 3.63) is 51.9 Å². The van der Waals surface area contributed by atoms with Gasteiger partial charge in [0.2, 0.25) is 0 Å². The molecule has 2 aromatic heterocycles. The van der Waals surface area contributed by atoms with Gasteiger partial charge in [-0.25, -0.2) is 0 Å². The maximum absolute atomic E-state index is 13.1. The molecule has 1 saturated carbocycles. The van der Waals surface area contributed by atoms with E-state index in [9.17, 15) is 4.79 Å². The Balaban J connectivity index is 1.61. The second kappa shape index (κ2) is 7.24. The Hall–Kier alpha value is -1.92. The molecule has 140 valence electrons.